The maximum atomic E-state index is 6.70. The molecule has 0 spiro atoms. The van der Waals surface area contributed by atoms with Crippen LogP contribution >= 0.6 is 0 Å². The van der Waals surface area contributed by atoms with Crippen LogP contribution in [0.3, 0.4) is 0 Å². The molecular formula is C57H39NO. The van der Waals surface area contributed by atoms with E-state index in [4.69, 9.17) is 4.42 Å². The first-order valence-electron chi connectivity index (χ1n) is 20.5. The van der Waals surface area contributed by atoms with Gasteiger partial charge in [0.05, 0.1) is 11.4 Å². The van der Waals surface area contributed by atoms with Crippen molar-refractivity contribution in [2.45, 2.75) is 19.3 Å². The molecule has 0 radical (unpaired) electrons. The Hall–Kier alpha value is -7.42. The molecule has 0 amide bonds. The van der Waals surface area contributed by atoms with Gasteiger partial charge in [-0.15, -0.1) is 0 Å². The number of para-hydroxylation sites is 1. The van der Waals surface area contributed by atoms with E-state index in [0.717, 1.165) is 44.6 Å². The lowest BCUT2D eigenvalue weighted by Crippen LogP contribution is -2.17. The van der Waals surface area contributed by atoms with Crippen molar-refractivity contribution < 1.29 is 4.42 Å². The number of nitrogens with zero attached hydrogens (tertiary/aromatic N) is 1. The normalized spacial score (nSPS) is 13.1. The SMILES string of the molecule is CC1(C)c2ccccc2-c2ccc(N(c3ccc4oc5ccccc5c4c3-c3cc4ccccc4c4ccccc34)c3ccc(-c4ccccc4)c4ccccc34)cc21. The zero-order chi connectivity index (χ0) is 39.2. The number of hydrogen-bond donors (Lipinski definition) is 0. The fraction of sp³-hybridized carbons (Fsp3) is 0.0526. The maximum absolute atomic E-state index is 6.70. The molecule has 0 unspecified atom stereocenters. The summed E-state index contributed by atoms with van der Waals surface area (Å²) in [6, 6.07) is 73.3. The molecule has 1 aliphatic carbocycles. The average molecular weight is 754 g/mol. The lowest BCUT2D eigenvalue weighted by atomic mass is 9.82. The van der Waals surface area contributed by atoms with Gasteiger partial charge < -0.3 is 9.32 Å². The van der Waals surface area contributed by atoms with Gasteiger partial charge in [-0.25, -0.2) is 0 Å². The number of anilines is 3. The molecule has 1 aromatic heterocycles. The third-order valence-electron chi connectivity index (χ3n) is 12.9. The van der Waals surface area contributed by atoms with Gasteiger partial charge in [0.2, 0.25) is 0 Å². The molecule has 12 rings (SSSR count). The predicted molar refractivity (Wildman–Crippen MR) is 249 cm³/mol. The largest absolute Gasteiger partial charge is 0.456 e. The molecule has 2 nitrogen and oxygen atoms in total. The molecule has 0 saturated carbocycles. The standard InChI is InChI=1S/C57H39NO/c1-57(2)49-26-14-12-23-44(49)45-29-28-38(35-50(45)57)58(51-31-30-40(36-16-4-3-5-17-36)42-21-10-11-24-46(42)51)52-32-33-54-56(47-25-13-15-27-53(47)59-54)55(52)48-34-37-18-6-7-19-39(37)41-20-8-9-22-43(41)48/h3-35H,1-2H3. The first-order valence-corrected chi connectivity index (χ1v) is 20.5. The van der Waals surface area contributed by atoms with Crippen molar-refractivity contribution in [3.8, 4) is 33.4 Å². The molecule has 2 heteroatoms. The minimum absolute atomic E-state index is 0.172. The molecule has 0 saturated heterocycles. The number of furan rings is 1. The Morgan fingerprint density at radius 3 is 1.83 bits per heavy atom. The fourth-order valence-electron chi connectivity index (χ4n) is 10.1. The summed E-state index contributed by atoms with van der Waals surface area (Å²) in [5.41, 5.74) is 15.0. The molecule has 0 N–H and O–H groups in total. The van der Waals surface area contributed by atoms with Crippen LogP contribution in [0, 0.1) is 0 Å². The van der Waals surface area contributed by atoms with E-state index in [0.29, 0.717) is 0 Å². The Labute approximate surface area is 343 Å². The Morgan fingerprint density at radius 1 is 0.390 bits per heavy atom. The highest BCUT2D eigenvalue weighted by molar-refractivity contribution is 6.23. The summed E-state index contributed by atoms with van der Waals surface area (Å²) in [4.78, 5) is 2.52. The van der Waals surface area contributed by atoms with E-state index in [1.54, 1.807) is 0 Å². The average Bonchev–Trinajstić information content (AvgIpc) is 3.78. The maximum Gasteiger partial charge on any atom is 0.136 e. The summed E-state index contributed by atoms with van der Waals surface area (Å²) in [7, 11) is 0. The molecule has 0 aliphatic heterocycles. The van der Waals surface area contributed by atoms with E-state index >= 15 is 0 Å². The van der Waals surface area contributed by atoms with Gasteiger partial charge in [0.25, 0.3) is 0 Å². The lowest BCUT2D eigenvalue weighted by Gasteiger charge is -2.31. The molecule has 1 heterocycles. The smallest absolute Gasteiger partial charge is 0.136 e. The zero-order valence-electron chi connectivity index (χ0n) is 32.9. The van der Waals surface area contributed by atoms with E-state index in [-0.39, 0.29) is 5.41 Å². The fourth-order valence-corrected chi connectivity index (χ4v) is 10.1. The second-order valence-electron chi connectivity index (χ2n) is 16.4. The topological polar surface area (TPSA) is 16.4 Å². The van der Waals surface area contributed by atoms with Gasteiger partial charge in [0.15, 0.2) is 0 Å². The van der Waals surface area contributed by atoms with E-state index in [1.165, 1.54) is 71.3 Å². The van der Waals surface area contributed by atoms with Crippen LogP contribution in [0.1, 0.15) is 25.0 Å². The Balaban J connectivity index is 1.23. The van der Waals surface area contributed by atoms with Crippen LogP contribution in [-0.2, 0) is 5.41 Å². The summed E-state index contributed by atoms with van der Waals surface area (Å²) < 4.78 is 6.70. The lowest BCUT2D eigenvalue weighted by molar-refractivity contribution is 0.660. The van der Waals surface area contributed by atoms with Gasteiger partial charge in [-0.1, -0.05) is 172 Å². The summed E-state index contributed by atoms with van der Waals surface area (Å²) in [5.74, 6) is 0. The molecule has 0 bridgehead atoms. The minimum Gasteiger partial charge on any atom is -0.456 e. The highest BCUT2D eigenvalue weighted by atomic mass is 16.3. The number of hydrogen-bond acceptors (Lipinski definition) is 2. The van der Waals surface area contributed by atoms with Crippen molar-refractivity contribution in [1.82, 2.24) is 0 Å². The van der Waals surface area contributed by atoms with Gasteiger partial charge in [-0.2, -0.15) is 0 Å². The van der Waals surface area contributed by atoms with Crippen LogP contribution in [0.4, 0.5) is 17.1 Å². The summed E-state index contributed by atoms with van der Waals surface area (Å²) in [6.45, 7) is 4.73. The highest BCUT2D eigenvalue weighted by Gasteiger charge is 2.36. The third-order valence-corrected chi connectivity index (χ3v) is 12.9. The van der Waals surface area contributed by atoms with Crippen LogP contribution in [0.5, 0.6) is 0 Å². The monoisotopic (exact) mass is 753 g/mol. The van der Waals surface area contributed by atoms with Crippen molar-refractivity contribution in [3.05, 3.63) is 211 Å². The molecule has 0 atom stereocenters. The van der Waals surface area contributed by atoms with Crippen molar-refractivity contribution in [2.75, 3.05) is 4.90 Å². The summed E-state index contributed by atoms with van der Waals surface area (Å²) >= 11 is 0. The minimum atomic E-state index is -0.172. The molecule has 59 heavy (non-hydrogen) atoms. The van der Waals surface area contributed by atoms with Gasteiger partial charge in [-0.3, -0.25) is 0 Å². The Kier molecular flexibility index (Phi) is 7.31. The third kappa shape index (κ3) is 5.00. The summed E-state index contributed by atoms with van der Waals surface area (Å²) in [5, 5.41) is 9.51. The van der Waals surface area contributed by atoms with Crippen LogP contribution < -0.4 is 4.90 Å². The first-order chi connectivity index (χ1) is 29.0. The molecule has 278 valence electrons. The van der Waals surface area contributed by atoms with Crippen molar-refractivity contribution in [3.63, 3.8) is 0 Å². The molecule has 10 aromatic carbocycles. The van der Waals surface area contributed by atoms with Crippen LogP contribution in [0.15, 0.2) is 205 Å². The molecular weight excluding hydrogens is 715 g/mol. The van der Waals surface area contributed by atoms with Gasteiger partial charge in [0, 0.05) is 32.8 Å². The Morgan fingerprint density at radius 2 is 1.00 bits per heavy atom. The molecule has 0 fully saturated rings. The van der Waals surface area contributed by atoms with Crippen LogP contribution in [0.25, 0.3) is 87.6 Å². The van der Waals surface area contributed by atoms with Crippen LogP contribution in [0.2, 0.25) is 0 Å². The molecule has 1 aliphatic rings. The molecule has 11 aromatic rings. The highest BCUT2D eigenvalue weighted by Crippen LogP contribution is 2.54. The van der Waals surface area contributed by atoms with E-state index in [2.05, 4.69) is 219 Å². The van der Waals surface area contributed by atoms with E-state index < -0.39 is 0 Å². The van der Waals surface area contributed by atoms with Crippen molar-refractivity contribution in [2.24, 2.45) is 0 Å². The van der Waals surface area contributed by atoms with Gasteiger partial charge in [0.1, 0.15) is 11.2 Å². The van der Waals surface area contributed by atoms with Gasteiger partial charge >= 0.3 is 0 Å². The van der Waals surface area contributed by atoms with Gasteiger partial charge in [-0.05, 0) is 108 Å². The summed E-state index contributed by atoms with van der Waals surface area (Å²) in [6.07, 6.45) is 0. The first kappa shape index (κ1) is 33.7. The van der Waals surface area contributed by atoms with Crippen LogP contribution in [-0.4, -0.2) is 0 Å². The van der Waals surface area contributed by atoms with Crippen molar-refractivity contribution >= 4 is 71.3 Å². The quantitative estimate of drug-likeness (QED) is 0.163. The number of fused-ring (bicyclic) bond motifs is 10. The predicted octanol–water partition coefficient (Wildman–Crippen LogP) is 16.2. The number of rotatable bonds is 5. The van der Waals surface area contributed by atoms with E-state index in [9.17, 15) is 0 Å². The number of benzene rings is 10. The van der Waals surface area contributed by atoms with Crippen molar-refractivity contribution in [1.29, 1.82) is 0 Å². The van der Waals surface area contributed by atoms with E-state index in [1.807, 2.05) is 0 Å². The Bertz CT molecular complexity index is 3480. The second kappa shape index (κ2) is 12.8. The second-order valence-corrected chi connectivity index (χ2v) is 16.4. The zero-order valence-corrected chi connectivity index (χ0v) is 32.9.